The van der Waals surface area contributed by atoms with E-state index >= 15 is 0 Å². The summed E-state index contributed by atoms with van der Waals surface area (Å²) in [6.45, 7) is 4.48. The van der Waals surface area contributed by atoms with Crippen molar-refractivity contribution in [1.82, 2.24) is 0 Å². The summed E-state index contributed by atoms with van der Waals surface area (Å²) < 4.78 is 12.8. The van der Waals surface area contributed by atoms with E-state index in [0.29, 0.717) is 5.92 Å². The maximum absolute atomic E-state index is 11.2. The molecule has 2 atom stereocenters. The van der Waals surface area contributed by atoms with Crippen molar-refractivity contribution in [3.63, 3.8) is 0 Å². The van der Waals surface area contributed by atoms with Crippen LogP contribution in [0.5, 0.6) is 0 Å². The van der Waals surface area contributed by atoms with Gasteiger partial charge in [0.05, 0.1) is 0 Å². The molecule has 1 aromatic heterocycles. The van der Waals surface area contributed by atoms with Gasteiger partial charge in [0.15, 0.2) is 5.58 Å². The van der Waals surface area contributed by atoms with Gasteiger partial charge in [0.25, 0.3) is 0 Å². The summed E-state index contributed by atoms with van der Waals surface area (Å²) in [7, 11) is -2.14. The van der Waals surface area contributed by atoms with E-state index in [9.17, 15) is 4.89 Å². The molecule has 1 saturated carbocycles. The molecule has 37 heavy (non-hydrogen) atoms. The molecule has 2 aliphatic rings. The van der Waals surface area contributed by atoms with Crippen LogP contribution in [-0.2, 0) is 12.8 Å². The molecule has 4 heteroatoms. The Morgan fingerprint density at radius 3 is 2.32 bits per heavy atom. The smallest absolute Gasteiger partial charge is 0.384 e. The molecule has 0 amide bonds. The van der Waals surface area contributed by atoms with E-state index in [-0.39, 0.29) is 0 Å². The van der Waals surface area contributed by atoms with Crippen molar-refractivity contribution < 1.29 is 13.3 Å². The highest BCUT2D eigenvalue weighted by Gasteiger charge is 2.24. The summed E-state index contributed by atoms with van der Waals surface area (Å²) in [5.74, 6) is 0.460. The van der Waals surface area contributed by atoms with Crippen LogP contribution in [0.4, 0.5) is 0 Å². The van der Waals surface area contributed by atoms with E-state index in [4.69, 9.17) is 8.39 Å². The fraction of sp³-hybridized carbons (Fsp3) is 0.333. The predicted octanol–water partition coefficient (Wildman–Crippen LogP) is 8.02. The van der Waals surface area contributed by atoms with Crippen molar-refractivity contribution in [3.05, 3.63) is 94.1 Å². The minimum absolute atomic E-state index is 0.460. The first-order valence-corrected chi connectivity index (χ1v) is 14.8. The highest BCUT2D eigenvalue weighted by Crippen LogP contribution is 2.38. The molecule has 2 aliphatic carbocycles. The van der Waals surface area contributed by atoms with Gasteiger partial charge < -0.3 is 8.39 Å². The van der Waals surface area contributed by atoms with Crippen LogP contribution in [0.3, 0.4) is 0 Å². The molecule has 3 nitrogen and oxygen atoms in total. The number of benzene rings is 3. The van der Waals surface area contributed by atoms with Crippen molar-refractivity contribution in [1.29, 1.82) is 0 Å². The van der Waals surface area contributed by atoms with Crippen molar-refractivity contribution in [2.75, 3.05) is 0 Å². The molecule has 2 unspecified atom stereocenters. The fourth-order valence-corrected chi connectivity index (χ4v) is 7.12. The Hall–Kier alpha value is -3.00. The zero-order valence-electron chi connectivity index (χ0n) is 21.8. The maximum atomic E-state index is 11.2. The highest BCUT2D eigenvalue weighted by molar-refractivity contribution is 7.30. The Morgan fingerprint density at radius 1 is 0.865 bits per heavy atom. The van der Waals surface area contributed by atoms with Gasteiger partial charge in [-0.2, -0.15) is 0 Å². The third-order valence-corrected chi connectivity index (χ3v) is 8.98. The Morgan fingerprint density at radius 2 is 1.57 bits per heavy atom. The van der Waals surface area contributed by atoms with Gasteiger partial charge in [0, 0.05) is 21.7 Å². The average molecular weight is 511 g/mol. The zero-order chi connectivity index (χ0) is 25.4. The first kappa shape index (κ1) is 24.3. The number of fused-ring (bicyclic) bond motifs is 3. The van der Waals surface area contributed by atoms with Crippen molar-refractivity contribution in [2.24, 2.45) is 5.92 Å². The van der Waals surface area contributed by atoms with E-state index in [2.05, 4.69) is 68.4 Å². The van der Waals surface area contributed by atoms with Crippen molar-refractivity contribution >= 4 is 30.4 Å². The third kappa shape index (κ3) is 4.60. The van der Waals surface area contributed by atoms with Crippen LogP contribution in [0.2, 0.25) is 0 Å². The molecule has 190 valence electrons. The van der Waals surface area contributed by atoms with Gasteiger partial charge >= 0.3 is 8.24 Å². The van der Waals surface area contributed by atoms with Crippen molar-refractivity contribution in [3.8, 4) is 11.1 Å². The van der Waals surface area contributed by atoms with Crippen LogP contribution in [0, 0.1) is 5.92 Å². The first-order chi connectivity index (χ1) is 18.1. The molecule has 6 rings (SSSR count). The number of hydrogen-bond acceptors (Lipinski definition) is 3. The molecule has 0 bridgehead atoms. The standard InChI is InChI=1S/C33H35O3P/c1-22-13-9-11-19-27(22)30-31-28-20-12-10-18-26(28)21-29(25-16-7-4-8-17-25)33(31)36-37(34)35-32(30)23(2)24-14-5-3-6-15-24/h3-8,14-17,21-22,34H,9-13,18-20H2,1-2H3/b30-27-,32-23-. The first-order valence-electron chi connectivity index (χ1n) is 13.7. The summed E-state index contributed by atoms with van der Waals surface area (Å²) in [5.41, 5.74) is 10.2. The van der Waals surface area contributed by atoms with Gasteiger partial charge in [-0.25, -0.2) is 0 Å². The number of hydrogen-bond donors (Lipinski definition) is 1. The third-order valence-electron chi connectivity index (χ3n) is 8.30. The normalized spacial score (nSPS) is 20.4. The Balaban J connectivity index is 1.91. The van der Waals surface area contributed by atoms with Gasteiger partial charge in [-0.05, 0) is 86.1 Å². The second-order valence-electron chi connectivity index (χ2n) is 10.6. The second-order valence-corrected chi connectivity index (χ2v) is 11.5. The maximum Gasteiger partial charge on any atom is 0.384 e. The molecule has 3 aromatic carbocycles. The van der Waals surface area contributed by atoms with Crippen LogP contribution < -0.4 is 10.6 Å². The summed E-state index contributed by atoms with van der Waals surface area (Å²) in [4.78, 5) is 11.2. The van der Waals surface area contributed by atoms with E-state index in [1.807, 2.05) is 12.1 Å². The van der Waals surface area contributed by atoms with Gasteiger partial charge in [-0.3, -0.25) is 4.89 Å². The van der Waals surface area contributed by atoms with Gasteiger partial charge in [-0.15, -0.1) is 0 Å². The topological polar surface area (TPSA) is 46.5 Å². The Kier molecular flexibility index (Phi) is 6.84. The van der Waals surface area contributed by atoms with E-state index in [1.165, 1.54) is 59.4 Å². The molecular formula is C33H35O3P. The summed E-state index contributed by atoms with van der Waals surface area (Å²) in [6.07, 6.45) is 9.17. The summed E-state index contributed by atoms with van der Waals surface area (Å²) in [5, 5.41) is 2.35. The SMILES string of the molecule is C/C(c1ccccc1)=c1/op(O)oc2c(-c3ccccc3)cc3c(c2/c1=C1\CCCCC1C)CCCC3. The highest BCUT2D eigenvalue weighted by atomic mass is 31.1. The van der Waals surface area contributed by atoms with E-state index in [1.54, 1.807) is 0 Å². The van der Waals surface area contributed by atoms with Gasteiger partial charge in [-0.1, -0.05) is 79.6 Å². The largest absolute Gasteiger partial charge is 0.399 e. The van der Waals surface area contributed by atoms with Crippen LogP contribution in [-0.4, -0.2) is 4.89 Å². The molecule has 1 N–H and O–H groups in total. The average Bonchev–Trinajstić information content (AvgIpc) is 3.10. The van der Waals surface area contributed by atoms with Crippen LogP contribution >= 0.6 is 8.24 Å². The fourth-order valence-electron chi connectivity index (χ4n) is 6.35. The van der Waals surface area contributed by atoms with Gasteiger partial charge in [0.2, 0.25) is 0 Å². The van der Waals surface area contributed by atoms with Crippen molar-refractivity contribution in [2.45, 2.75) is 65.2 Å². The Bertz CT molecular complexity index is 1600. The lowest BCUT2D eigenvalue weighted by Gasteiger charge is -2.24. The molecular weight excluding hydrogens is 475 g/mol. The monoisotopic (exact) mass is 510 g/mol. The number of rotatable bonds is 2. The molecule has 4 aromatic rings. The van der Waals surface area contributed by atoms with Crippen LogP contribution in [0.1, 0.15) is 69.1 Å². The molecule has 0 aliphatic heterocycles. The minimum Gasteiger partial charge on any atom is -0.399 e. The molecule has 1 heterocycles. The summed E-state index contributed by atoms with van der Waals surface area (Å²) >= 11 is 0. The van der Waals surface area contributed by atoms with E-state index < -0.39 is 8.24 Å². The van der Waals surface area contributed by atoms with Gasteiger partial charge in [0.1, 0.15) is 5.42 Å². The van der Waals surface area contributed by atoms with Crippen LogP contribution in [0.15, 0.2) is 75.1 Å². The molecule has 0 radical (unpaired) electrons. The Labute approximate surface area is 219 Å². The quantitative estimate of drug-likeness (QED) is 0.297. The lowest BCUT2D eigenvalue weighted by atomic mass is 9.81. The predicted molar refractivity (Wildman–Crippen MR) is 153 cm³/mol. The molecule has 1 fully saturated rings. The zero-order valence-corrected chi connectivity index (χ0v) is 22.7. The lowest BCUT2D eigenvalue weighted by molar-refractivity contribution is 0.466. The lowest BCUT2D eigenvalue weighted by Crippen LogP contribution is -2.32. The number of aryl methyl sites for hydroxylation is 2. The summed E-state index contributed by atoms with van der Waals surface area (Å²) in [6, 6.07) is 23.2. The minimum atomic E-state index is -2.14. The van der Waals surface area contributed by atoms with E-state index in [0.717, 1.165) is 52.5 Å². The molecule has 0 saturated heterocycles. The molecule has 0 spiro atoms. The second kappa shape index (κ2) is 10.4. The van der Waals surface area contributed by atoms with Crippen LogP contribution in [0.25, 0.3) is 33.2 Å².